The van der Waals surface area contributed by atoms with Crippen LogP contribution in [0.25, 0.3) is 0 Å². The number of anilines is 1. The van der Waals surface area contributed by atoms with Crippen molar-refractivity contribution >= 4 is 33.2 Å². The van der Waals surface area contributed by atoms with Crippen molar-refractivity contribution in [3.8, 4) is 0 Å². The van der Waals surface area contributed by atoms with Crippen LogP contribution < -0.4 is 9.62 Å². The first-order valence-electron chi connectivity index (χ1n) is 9.73. The number of non-ortho nitro benzene ring substituents is 1. The maximum Gasteiger partial charge on any atom is 0.271 e. The van der Waals surface area contributed by atoms with Crippen LogP contribution in [-0.4, -0.2) is 55.9 Å². The molecule has 0 unspecified atom stereocenters. The molecule has 2 aromatic carbocycles. The van der Waals surface area contributed by atoms with E-state index in [1.807, 2.05) is 25.1 Å². The van der Waals surface area contributed by atoms with E-state index in [0.29, 0.717) is 0 Å². The van der Waals surface area contributed by atoms with E-state index in [2.05, 4.69) is 5.32 Å². The Bertz CT molecular complexity index is 1120. The van der Waals surface area contributed by atoms with Gasteiger partial charge in [0.1, 0.15) is 12.6 Å². The van der Waals surface area contributed by atoms with Gasteiger partial charge >= 0.3 is 0 Å². The van der Waals surface area contributed by atoms with Crippen molar-refractivity contribution in [3.05, 3.63) is 69.8 Å². The number of amides is 2. The average molecular weight is 463 g/mol. The van der Waals surface area contributed by atoms with Gasteiger partial charge in [0.15, 0.2) is 0 Å². The third-order valence-electron chi connectivity index (χ3n) is 5.02. The zero-order valence-electron chi connectivity index (χ0n) is 18.3. The summed E-state index contributed by atoms with van der Waals surface area (Å²) in [6.45, 7) is 2.89. The monoisotopic (exact) mass is 462 g/mol. The van der Waals surface area contributed by atoms with Crippen molar-refractivity contribution in [2.75, 3.05) is 24.2 Å². The molecule has 1 atom stereocenters. The van der Waals surface area contributed by atoms with Crippen LogP contribution in [0, 0.1) is 17.0 Å². The largest absolute Gasteiger partial charge is 0.357 e. The Labute approximate surface area is 187 Å². The molecule has 32 heavy (non-hydrogen) atoms. The summed E-state index contributed by atoms with van der Waals surface area (Å²) in [4.78, 5) is 37.3. The minimum atomic E-state index is -3.96. The van der Waals surface area contributed by atoms with Gasteiger partial charge < -0.3 is 10.2 Å². The third kappa shape index (κ3) is 6.03. The van der Waals surface area contributed by atoms with E-state index in [4.69, 9.17) is 0 Å². The molecule has 2 rings (SSSR count). The van der Waals surface area contributed by atoms with Crippen molar-refractivity contribution in [2.24, 2.45) is 0 Å². The molecule has 172 valence electrons. The van der Waals surface area contributed by atoms with Crippen molar-refractivity contribution in [3.63, 3.8) is 0 Å². The number of aryl methyl sites for hydroxylation is 1. The number of nitro benzene ring substituents is 1. The van der Waals surface area contributed by atoms with E-state index in [0.717, 1.165) is 27.8 Å². The van der Waals surface area contributed by atoms with Crippen molar-refractivity contribution in [1.82, 2.24) is 10.2 Å². The lowest BCUT2D eigenvalue weighted by Gasteiger charge is -2.31. The number of hydrogen-bond donors (Lipinski definition) is 1. The molecule has 11 heteroatoms. The van der Waals surface area contributed by atoms with Crippen LogP contribution in [-0.2, 0) is 26.2 Å². The topological polar surface area (TPSA) is 130 Å². The maximum absolute atomic E-state index is 13.3. The molecule has 0 spiro atoms. The first kappa shape index (κ1) is 24.8. The van der Waals surface area contributed by atoms with E-state index in [-0.39, 0.29) is 17.9 Å². The summed E-state index contributed by atoms with van der Waals surface area (Å²) in [5.74, 6) is -1.03. The fraction of sp³-hybridized carbons (Fsp3) is 0.333. The van der Waals surface area contributed by atoms with Crippen LogP contribution in [0.2, 0.25) is 0 Å². The summed E-state index contributed by atoms with van der Waals surface area (Å²) >= 11 is 0. The van der Waals surface area contributed by atoms with Crippen molar-refractivity contribution < 1.29 is 22.9 Å². The Morgan fingerprint density at radius 3 is 2.38 bits per heavy atom. The molecule has 1 N–H and O–H groups in total. The third-order valence-corrected chi connectivity index (χ3v) is 6.16. The molecule has 0 aromatic heterocycles. The minimum Gasteiger partial charge on any atom is -0.357 e. The second kappa shape index (κ2) is 10.2. The van der Waals surface area contributed by atoms with Gasteiger partial charge in [0.25, 0.3) is 5.69 Å². The number of carbonyl (C=O) groups excluding carboxylic acids is 2. The Morgan fingerprint density at radius 2 is 1.81 bits per heavy atom. The van der Waals surface area contributed by atoms with Crippen LogP contribution >= 0.6 is 0 Å². The predicted octanol–water partition coefficient (Wildman–Crippen LogP) is 1.83. The molecule has 0 aliphatic carbocycles. The Hall–Kier alpha value is -3.47. The molecule has 2 aromatic rings. The first-order valence-corrected chi connectivity index (χ1v) is 11.6. The fourth-order valence-electron chi connectivity index (χ4n) is 3.14. The molecule has 2 amide bonds. The highest BCUT2D eigenvalue weighted by molar-refractivity contribution is 7.92. The number of nitro groups is 1. The zero-order valence-corrected chi connectivity index (χ0v) is 19.1. The molecule has 0 aliphatic heterocycles. The molecule has 0 radical (unpaired) electrons. The number of benzene rings is 2. The number of nitrogens with one attached hydrogen (secondary N) is 1. The van der Waals surface area contributed by atoms with Crippen LogP contribution in [0.1, 0.15) is 18.1 Å². The molecule has 0 aliphatic rings. The standard InChI is InChI=1S/C21H26N4O6S/c1-15-8-5-6-9-17(15)13-23(16(2)21(27)22-3)20(26)14-24(32(4,30)31)18-10-7-11-19(12-18)25(28)29/h5-12,16H,13-14H2,1-4H3,(H,22,27)/t16-/m0/s1. The van der Waals surface area contributed by atoms with Gasteiger partial charge in [-0.15, -0.1) is 0 Å². The van der Waals surface area contributed by atoms with Crippen LogP contribution in [0.15, 0.2) is 48.5 Å². The van der Waals surface area contributed by atoms with Gasteiger partial charge in [-0.2, -0.15) is 0 Å². The molecule has 0 bridgehead atoms. The summed E-state index contributed by atoms with van der Waals surface area (Å²) in [5.41, 5.74) is 1.39. The Balaban J connectivity index is 2.43. The van der Waals surface area contributed by atoms with Gasteiger partial charge in [-0.05, 0) is 31.0 Å². The number of sulfonamides is 1. The summed E-state index contributed by atoms with van der Waals surface area (Å²) < 4.78 is 25.7. The number of nitrogens with zero attached hydrogens (tertiary/aromatic N) is 3. The lowest BCUT2D eigenvalue weighted by atomic mass is 10.1. The average Bonchev–Trinajstić information content (AvgIpc) is 2.74. The molecule has 0 saturated carbocycles. The maximum atomic E-state index is 13.3. The highest BCUT2D eigenvalue weighted by Gasteiger charge is 2.30. The van der Waals surface area contributed by atoms with E-state index < -0.39 is 39.3 Å². The van der Waals surface area contributed by atoms with Gasteiger partial charge in [0.2, 0.25) is 21.8 Å². The molecular weight excluding hydrogens is 436 g/mol. The van der Waals surface area contributed by atoms with Crippen LogP contribution in [0.3, 0.4) is 0 Å². The van der Waals surface area contributed by atoms with E-state index in [9.17, 15) is 28.1 Å². The zero-order chi connectivity index (χ0) is 24.1. The minimum absolute atomic E-state index is 0.0153. The normalized spacial score (nSPS) is 12.0. The van der Waals surface area contributed by atoms with E-state index in [1.165, 1.54) is 30.1 Å². The quantitative estimate of drug-likeness (QED) is 0.447. The van der Waals surface area contributed by atoms with Crippen LogP contribution in [0.5, 0.6) is 0 Å². The molecule has 10 nitrogen and oxygen atoms in total. The molecule has 0 fully saturated rings. The highest BCUT2D eigenvalue weighted by Crippen LogP contribution is 2.24. The number of likely N-dealkylation sites (N-methyl/N-ethyl adjacent to an activating group) is 1. The number of carbonyl (C=O) groups is 2. The summed E-state index contributed by atoms with van der Waals surface area (Å²) in [6, 6.07) is 11.5. The molecule has 0 saturated heterocycles. The SMILES string of the molecule is CNC(=O)[C@H](C)N(Cc1ccccc1C)C(=O)CN(c1cccc([N+](=O)[O-])c1)S(C)(=O)=O. The number of hydrogen-bond acceptors (Lipinski definition) is 6. The highest BCUT2D eigenvalue weighted by atomic mass is 32.2. The number of rotatable bonds is 9. The predicted molar refractivity (Wildman–Crippen MR) is 121 cm³/mol. The van der Waals surface area contributed by atoms with E-state index >= 15 is 0 Å². The summed E-state index contributed by atoms with van der Waals surface area (Å²) in [7, 11) is -2.51. The van der Waals surface area contributed by atoms with Crippen molar-refractivity contribution in [1.29, 1.82) is 0 Å². The van der Waals surface area contributed by atoms with Crippen molar-refractivity contribution in [2.45, 2.75) is 26.4 Å². The smallest absolute Gasteiger partial charge is 0.271 e. The second-order valence-electron chi connectivity index (χ2n) is 7.28. The summed E-state index contributed by atoms with van der Waals surface area (Å²) in [5, 5.41) is 13.6. The van der Waals surface area contributed by atoms with Gasteiger partial charge in [0.05, 0.1) is 16.9 Å². The van der Waals surface area contributed by atoms with E-state index in [1.54, 1.807) is 13.0 Å². The fourth-order valence-corrected chi connectivity index (χ4v) is 3.98. The second-order valence-corrected chi connectivity index (χ2v) is 9.19. The Morgan fingerprint density at radius 1 is 1.16 bits per heavy atom. The molecular formula is C21H26N4O6S. The Kier molecular flexibility index (Phi) is 7.92. The summed E-state index contributed by atoms with van der Waals surface area (Å²) in [6.07, 6.45) is 0.910. The lowest BCUT2D eigenvalue weighted by molar-refractivity contribution is -0.384. The van der Waals surface area contributed by atoms with Gasteiger partial charge in [-0.1, -0.05) is 30.3 Å². The molecule has 0 heterocycles. The van der Waals surface area contributed by atoms with Gasteiger partial charge in [-0.25, -0.2) is 8.42 Å². The van der Waals surface area contributed by atoms with Crippen LogP contribution in [0.4, 0.5) is 11.4 Å². The van der Waals surface area contributed by atoms with Gasteiger partial charge in [-0.3, -0.25) is 24.0 Å². The van der Waals surface area contributed by atoms with Gasteiger partial charge in [0, 0.05) is 25.7 Å². The lowest BCUT2D eigenvalue weighted by Crippen LogP contribution is -2.50. The first-order chi connectivity index (χ1) is 15.0.